The molecule has 1 aliphatic carbocycles. The molecular weight excluding hydrogens is 272 g/mol. The van der Waals surface area contributed by atoms with Gasteiger partial charge in [0.25, 0.3) is 0 Å². The highest BCUT2D eigenvalue weighted by Crippen LogP contribution is 2.42. The molecule has 0 unspecified atom stereocenters. The maximum Gasteiger partial charge on any atom is 0.200 e. The van der Waals surface area contributed by atoms with E-state index in [1.807, 2.05) is 0 Å². The van der Waals surface area contributed by atoms with Gasteiger partial charge < -0.3 is 4.43 Å². The largest absolute Gasteiger partial charge is 0.412 e. The second-order valence-electron chi connectivity index (χ2n) is 8.28. The van der Waals surface area contributed by atoms with Gasteiger partial charge in [0.15, 0.2) is 0 Å². The van der Waals surface area contributed by atoms with Crippen molar-refractivity contribution in [1.29, 1.82) is 0 Å². The van der Waals surface area contributed by atoms with Crippen molar-refractivity contribution >= 4 is 8.32 Å². The van der Waals surface area contributed by atoms with E-state index in [1.54, 1.807) is 0 Å². The van der Waals surface area contributed by atoms with Crippen LogP contribution >= 0.6 is 0 Å². The first-order chi connectivity index (χ1) is 9.62. The van der Waals surface area contributed by atoms with Crippen molar-refractivity contribution in [3.8, 4) is 0 Å². The molecule has 0 saturated carbocycles. The third kappa shape index (κ3) is 4.56. The van der Waals surface area contributed by atoms with Gasteiger partial charge in [-0.3, -0.25) is 0 Å². The molecule has 0 saturated heterocycles. The smallest absolute Gasteiger partial charge is 0.200 e. The highest BCUT2D eigenvalue weighted by Gasteiger charge is 2.45. The van der Waals surface area contributed by atoms with Crippen LogP contribution in [0.5, 0.6) is 0 Å². The van der Waals surface area contributed by atoms with E-state index >= 15 is 0 Å². The zero-order valence-corrected chi connectivity index (χ0v) is 16.5. The summed E-state index contributed by atoms with van der Waals surface area (Å²) < 4.78 is 6.74. The van der Waals surface area contributed by atoms with Gasteiger partial charge in [0.2, 0.25) is 8.32 Å². The maximum atomic E-state index is 6.74. The van der Waals surface area contributed by atoms with Crippen LogP contribution in [-0.4, -0.2) is 14.9 Å². The molecule has 0 aromatic carbocycles. The average molecular weight is 309 g/mol. The summed E-state index contributed by atoms with van der Waals surface area (Å²) in [6.45, 7) is 19.6. The van der Waals surface area contributed by atoms with E-state index in [-0.39, 0.29) is 5.41 Å². The quantitative estimate of drug-likeness (QED) is 0.403. The van der Waals surface area contributed by atoms with Gasteiger partial charge in [-0.05, 0) is 40.5 Å². The highest BCUT2D eigenvalue weighted by atomic mass is 28.4. The lowest BCUT2D eigenvalue weighted by Crippen LogP contribution is -2.48. The van der Waals surface area contributed by atoms with Crippen molar-refractivity contribution in [2.45, 2.75) is 84.9 Å². The topological polar surface area (TPSA) is 9.23 Å². The molecule has 0 bridgehead atoms. The van der Waals surface area contributed by atoms with Crippen molar-refractivity contribution in [3.05, 3.63) is 23.8 Å². The van der Waals surface area contributed by atoms with E-state index in [1.165, 1.54) is 5.57 Å². The molecule has 0 amide bonds. The Kier molecular flexibility index (Phi) is 6.48. The molecule has 0 aromatic heterocycles. The Bertz CT molecular complexity index is 367. The summed E-state index contributed by atoms with van der Waals surface area (Å²) in [6.07, 6.45) is 9.28. The Hall–Kier alpha value is -0.343. The summed E-state index contributed by atoms with van der Waals surface area (Å²) in [4.78, 5) is 0. The van der Waals surface area contributed by atoms with Crippen LogP contribution in [0.2, 0.25) is 16.6 Å². The minimum Gasteiger partial charge on any atom is -0.412 e. The van der Waals surface area contributed by atoms with Crippen LogP contribution in [0.15, 0.2) is 23.8 Å². The molecule has 1 rings (SSSR count). The fourth-order valence-electron chi connectivity index (χ4n) is 4.11. The number of rotatable bonds is 6. The van der Waals surface area contributed by atoms with Crippen LogP contribution in [0.3, 0.4) is 0 Å². The number of allylic oxidation sites excluding steroid dienone is 3. The summed E-state index contributed by atoms with van der Waals surface area (Å²) >= 11 is 0. The fourth-order valence-corrected chi connectivity index (χ4v) is 9.55. The van der Waals surface area contributed by atoms with E-state index in [0.29, 0.717) is 16.6 Å². The first-order valence-electron chi connectivity index (χ1n) is 8.61. The summed E-state index contributed by atoms with van der Waals surface area (Å²) in [5.41, 5.74) is 3.71. The molecule has 0 atom stereocenters. The molecule has 1 nitrogen and oxygen atoms in total. The van der Waals surface area contributed by atoms with E-state index in [0.717, 1.165) is 19.4 Å². The van der Waals surface area contributed by atoms with Crippen molar-refractivity contribution in [3.63, 3.8) is 0 Å². The Morgan fingerprint density at radius 3 is 2.00 bits per heavy atom. The predicted molar refractivity (Wildman–Crippen MR) is 97.2 cm³/mol. The molecular formula is C19H36OSi. The standard InChI is InChI=1S/C19H36OSi/c1-15(2)21(16(3)4,17(5)6)20-14-18-11-9-10-12-19(7,8)13-18/h9-10,13,15-17H,11-12,14H2,1-8H3. The van der Waals surface area contributed by atoms with Gasteiger partial charge in [0.1, 0.15) is 0 Å². The van der Waals surface area contributed by atoms with Crippen LogP contribution in [0.4, 0.5) is 0 Å². The number of hydrogen-bond acceptors (Lipinski definition) is 1. The Morgan fingerprint density at radius 2 is 1.52 bits per heavy atom. The summed E-state index contributed by atoms with van der Waals surface area (Å²) in [5.74, 6) is 0. The monoisotopic (exact) mass is 308 g/mol. The zero-order valence-electron chi connectivity index (χ0n) is 15.5. The normalized spacial score (nSPS) is 19.3. The van der Waals surface area contributed by atoms with Gasteiger partial charge in [-0.15, -0.1) is 0 Å². The van der Waals surface area contributed by atoms with Gasteiger partial charge in [0, 0.05) is 0 Å². The molecule has 0 fully saturated rings. The van der Waals surface area contributed by atoms with Crippen molar-refractivity contribution in [2.24, 2.45) is 5.41 Å². The van der Waals surface area contributed by atoms with E-state index in [2.05, 4.69) is 73.6 Å². The average Bonchev–Trinajstić information content (AvgIpc) is 2.49. The third-order valence-corrected chi connectivity index (χ3v) is 11.1. The van der Waals surface area contributed by atoms with Gasteiger partial charge in [-0.25, -0.2) is 0 Å². The second-order valence-corrected chi connectivity index (χ2v) is 13.7. The first-order valence-corrected chi connectivity index (χ1v) is 10.8. The van der Waals surface area contributed by atoms with E-state index in [4.69, 9.17) is 4.43 Å². The van der Waals surface area contributed by atoms with Crippen LogP contribution in [0.1, 0.15) is 68.2 Å². The van der Waals surface area contributed by atoms with Gasteiger partial charge in [-0.2, -0.15) is 0 Å². The molecule has 122 valence electrons. The van der Waals surface area contributed by atoms with Gasteiger partial charge in [0.05, 0.1) is 6.61 Å². The van der Waals surface area contributed by atoms with Crippen molar-refractivity contribution < 1.29 is 4.43 Å². The SMILES string of the molecule is CC(C)[Si](OCC1=CC(C)(C)CC=CC1)(C(C)C)C(C)C. The second kappa shape index (κ2) is 7.28. The van der Waals surface area contributed by atoms with Gasteiger partial charge >= 0.3 is 0 Å². The van der Waals surface area contributed by atoms with E-state index < -0.39 is 8.32 Å². The Morgan fingerprint density at radius 1 is 1.00 bits per heavy atom. The minimum absolute atomic E-state index is 0.267. The van der Waals surface area contributed by atoms with Crippen LogP contribution in [0, 0.1) is 5.41 Å². The lowest BCUT2D eigenvalue weighted by Gasteiger charge is -2.42. The summed E-state index contributed by atoms with van der Waals surface area (Å²) in [6, 6.07) is 0. The molecule has 21 heavy (non-hydrogen) atoms. The summed E-state index contributed by atoms with van der Waals surface area (Å²) in [7, 11) is -1.74. The highest BCUT2D eigenvalue weighted by molar-refractivity contribution is 6.77. The van der Waals surface area contributed by atoms with E-state index in [9.17, 15) is 0 Å². The van der Waals surface area contributed by atoms with Crippen LogP contribution in [-0.2, 0) is 4.43 Å². The molecule has 0 heterocycles. The fraction of sp³-hybridized carbons (Fsp3) is 0.789. The zero-order chi connectivity index (χ0) is 16.3. The molecule has 0 radical (unpaired) electrons. The predicted octanol–water partition coefficient (Wildman–Crippen LogP) is 6.48. The molecule has 0 spiro atoms. The van der Waals surface area contributed by atoms with Crippen molar-refractivity contribution in [2.75, 3.05) is 6.61 Å². The Labute approximate surface area is 134 Å². The molecule has 0 N–H and O–H groups in total. The lowest BCUT2D eigenvalue weighted by atomic mass is 9.88. The minimum atomic E-state index is -1.74. The van der Waals surface area contributed by atoms with Crippen molar-refractivity contribution in [1.82, 2.24) is 0 Å². The first kappa shape index (κ1) is 18.7. The third-order valence-electron chi connectivity index (χ3n) is 5.00. The molecule has 1 aliphatic rings. The van der Waals surface area contributed by atoms with Crippen LogP contribution < -0.4 is 0 Å². The lowest BCUT2D eigenvalue weighted by molar-refractivity contribution is 0.303. The molecule has 0 aliphatic heterocycles. The van der Waals surface area contributed by atoms with Crippen LogP contribution in [0.25, 0.3) is 0 Å². The molecule has 2 heteroatoms. The Balaban J connectivity index is 2.91. The summed E-state index contributed by atoms with van der Waals surface area (Å²) in [5, 5.41) is 0. The van der Waals surface area contributed by atoms with Gasteiger partial charge in [-0.1, -0.05) is 73.6 Å². The number of hydrogen-bond donors (Lipinski definition) is 0. The maximum absolute atomic E-state index is 6.74. The molecule has 0 aromatic rings.